The maximum Gasteiger partial charge on any atom is 0 e. The topological polar surface area (TPSA) is 36.4 Å². The van der Waals surface area contributed by atoms with E-state index < -0.39 is 0 Å². The first-order valence-electron chi connectivity index (χ1n) is 4.36. The molecule has 0 saturated heterocycles. The van der Waals surface area contributed by atoms with Crippen LogP contribution in [0.2, 0.25) is 0 Å². The molecule has 0 bridgehead atoms. The van der Waals surface area contributed by atoms with Gasteiger partial charge < -0.3 is 10.7 Å². The summed E-state index contributed by atoms with van der Waals surface area (Å²) >= 11 is 0. The second-order valence-electron chi connectivity index (χ2n) is 3.53. The maximum absolute atomic E-state index is 9.46. The fourth-order valence-electron chi connectivity index (χ4n) is 0.808. The molecule has 3 heteroatoms. The number of hydrogen-bond acceptors (Lipinski definition) is 0. The summed E-state index contributed by atoms with van der Waals surface area (Å²) in [7, 11) is 1.75. The van der Waals surface area contributed by atoms with E-state index in [0.29, 0.717) is 11.6 Å². The monoisotopic (exact) mass is 255 g/mol. The largest absolute Gasteiger partial charge is 0.807 e. The minimum Gasteiger partial charge on any atom is -0.807 e. The van der Waals surface area contributed by atoms with Crippen molar-refractivity contribution in [1.29, 1.82) is 0 Å². The molecule has 0 aliphatic rings. The summed E-state index contributed by atoms with van der Waals surface area (Å²) in [4.78, 5) is 0. The van der Waals surface area contributed by atoms with Crippen molar-refractivity contribution < 1.29 is 32.7 Å². The second kappa shape index (κ2) is 7.69. The van der Waals surface area contributed by atoms with E-state index in [4.69, 9.17) is 0 Å². The normalized spacial score (nSPS) is 11.5. The summed E-state index contributed by atoms with van der Waals surface area (Å²) < 4.78 is 0. The molecule has 0 aliphatic carbocycles. The van der Waals surface area contributed by atoms with E-state index in [1.165, 1.54) is 0 Å². The van der Waals surface area contributed by atoms with Crippen LogP contribution in [0, 0.1) is 11.8 Å². The van der Waals surface area contributed by atoms with Crippen molar-refractivity contribution in [1.82, 2.24) is 0 Å². The third-order valence-electron chi connectivity index (χ3n) is 1.74. The predicted octanol–water partition coefficient (Wildman–Crippen LogP) is 3.19. The summed E-state index contributed by atoms with van der Waals surface area (Å²) in [6.07, 6.45) is 1.76. The van der Waals surface area contributed by atoms with Crippen molar-refractivity contribution in [3.05, 3.63) is 22.5 Å². The Kier molecular flexibility index (Phi) is 9.33. The van der Waals surface area contributed by atoms with Gasteiger partial charge in [0, 0.05) is 32.7 Å². The molecule has 0 fully saturated rings. The predicted molar refractivity (Wildman–Crippen MR) is 55.4 cm³/mol. The summed E-state index contributed by atoms with van der Waals surface area (Å²) in [5.74, 6) is 0.552. The van der Waals surface area contributed by atoms with E-state index in [-0.39, 0.29) is 38.6 Å². The first-order valence-corrected chi connectivity index (χ1v) is 4.36. The van der Waals surface area contributed by atoms with E-state index in [9.17, 15) is 5.41 Å². The molecule has 0 amide bonds. The maximum atomic E-state index is 9.46. The van der Waals surface area contributed by atoms with Crippen LogP contribution in [0.4, 0.5) is 0 Å². The average molecular weight is 255 g/mol. The Hall–Kier alpha value is 0.314. The molecule has 0 aromatic carbocycles. The van der Waals surface area contributed by atoms with Gasteiger partial charge in [-0.2, -0.15) is 11.4 Å². The molecule has 13 heavy (non-hydrogen) atoms. The van der Waals surface area contributed by atoms with Gasteiger partial charge in [0.1, 0.15) is 0 Å². The molecular weight excluding hydrogens is 237 g/mol. The first-order chi connectivity index (χ1) is 5.49. The minimum absolute atomic E-state index is 0. The summed E-state index contributed by atoms with van der Waals surface area (Å²) in [5, 5.41) is 13.5. The van der Waals surface area contributed by atoms with Gasteiger partial charge in [-0.25, -0.2) is 0 Å². The first kappa shape index (κ1) is 15.8. The molecule has 0 rings (SSSR count). The number of rotatable bonds is 4. The van der Waals surface area contributed by atoms with Crippen LogP contribution in [0.25, 0.3) is 10.7 Å². The molecule has 1 radical (unpaired) electrons. The van der Waals surface area contributed by atoms with Gasteiger partial charge in [0.05, 0.1) is 0 Å². The number of allylic oxidation sites excluding steroid dienone is 2. The zero-order chi connectivity index (χ0) is 9.72. The Morgan fingerprint density at radius 1 is 1.15 bits per heavy atom. The van der Waals surface area contributed by atoms with Gasteiger partial charge in [-0.1, -0.05) is 27.7 Å². The van der Waals surface area contributed by atoms with Crippen molar-refractivity contribution in [2.45, 2.75) is 27.7 Å². The van der Waals surface area contributed by atoms with E-state index in [2.05, 4.69) is 19.2 Å². The second-order valence-corrected chi connectivity index (χ2v) is 3.53. The molecule has 0 aromatic heterocycles. The van der Waals surface area contributed by atoms with E-state index >= 15 is 0 Å². The van der Waals surface area contributed by atoms with Crippen LogP contribution in [0.1, 0.15) is 27.7 Å². The van der Waals surface area contributed by atoms with E-state index in [1.54, 1.807) is 13.1 Å². The van der Waals surface area contributed by atoms with Crippen LogP contribution >= 0.6 is 0 Å². The standard InChI is InChI=1S/C10H18N2.Y/c1-7(2)9(11)6-10(12-5)8(3)4;/h6-8H,1-5H3;/q-2;/b10-6-;. The zero-order valence-electron chi connectivity index (χ0n) is 9.20. The third kappa shape index (κ3) is 6.39. The van der Waals surface area contributed by atoms with Gasteiger partial charge in [0.15, 0.2) is 0 Å². The Morgan fingerprint density at radius 3 is 1.85 bits per heavy atom. The zero-order valence-corrected chi connectivity index (χ0v) is 12.0. The Balaban J connectivity index is 0. The van der Waals surface area contributed by atoms with E-state index in [0.717, 1.165) is 5.70 Å². The van der Waals surface area contributed by atoms with Crippen LogP contribution in [0.5, 0.6) is 0 Å². The molecule has 0 spiro atoms. The third-order valence-corrected chi connectivity index (χ3v) is 1.74. The van der Waals surface area contributed by atoms with Crippen molar-refractivity contribution in [2.24, 2.45) is 11.8 Å². The molecule has 0 N–H and O–H groups in total. The van der Waals surface area contributed by atoms with Crippen LogP contribution in [-0.4, -0.2) is 12.8 Å². The number of nitrogens with zero attached hydrogens (tertiary/aromatic N) is 2. The summed E-state index contributed by atoms with van der Waals surface area (Å²) in [6, 6.07) is 0. The fourth-order valence-corrected chi connectivity index (χ4v) is 0.808. The molecule has 73 valence electrons. The van der Waals surface area contributed by atoms with Crippen LogP contribution < -0.4 is 0 Å². The van der Waals surface area contributed by atoms with E-state index in [1.807, 2.05) is 13.8 Å². The van der Waals surface area contributed by atoms with Crippen molar-refractivity contribution in [3.63, 3.8) is 0 Å². The van der Waals surface area contributed by atoms with Crippen LogP contribution in [0.15, 0.2) is 11.8 Å². The molecule has 0 heterocycles. The van der Waals surface area contributed by atoms with Crippen LogP contribution in [-0.2, 0) is 32.7 Å². The molecule has 0 saturated carbocycles. The van der Waals surface area contributed by atoms with Gasteiger partial charge >= 0.3 is 0 Å². The van der Waals surface area contributed by atoms with Crippen molar-refractivity contribution in [3.8, 4) is 0 Å². The van der Waals surface area contributed by atoms with Crippen molar-refractivity contribution >= 4 is 5.71 Å². The SMILES string of the molecule is C[N-]/C(=C\C(=[N-])C(C)C)C(C)C.[Y]. The Labute approximate surface area is 107 Å². The summed E-state index contributed by atoms with van der Waals surface area (Å²) in [5.41, 5.74) is 1.35. The van der Waals surface area contributed by atoms with Crippen LogP contribution in [0.3, 0.4) is 0 Å². The van der Waals surface area contributed by atoms with Gasteiger partial charge in [-0.05, 0) is 11.8 Å². The van der Waals surface area contributed by atoms with Gasteiger partial charge in [0.2, 0.25) is 0 Å². The molecule has 0 atom stereocenters. The van der Waals surface area contributed by atoms with Gasteiger partial charge in [-0.15, -0.1) is 13.1 Å². The molecular formula is C10H18N2Y-2. The average Bonchev–Trinajstić information content (AvgIpc) is 1.98. The Bertz CT molecular complexity index is 183. The van der Waals surface area contributed by atoms with Gasteiger partial charge in [-0.3, -0.25) is 0 Å². The molecule has 2 nitrogen and oxygen atoms in total. The molecule has 0 aliphatic heterocycles. The quantitative estimate of drug-likeness (QED) is 0.692. The Morgan fingerprint density at radius 2 is 1.62 bits per heavy atom. The van der Waals surface area contributed by atoms with Crippen molar-refractivity contribution in [2.75, 3.05) is 7.05 Å². The molecule has 0 aromatic rings. The number of hydrogen-bond donors (Lipinski definition) is 0. The smallest absolute Gasteiger partial charge is 0 e. The summed E-state index contributed by atoms with van der Waals surface area (Å²) in [6.45, 7) is 8.04. The molecule has 0 unspecified atom stereocenters. The minimum atomic E-state index is 0. The van der Waals surface area contributed by atoms with Gasteiger partial charge in [0.25, 0.3) is 0 Å². The fraction of sp³-hybridized carbons (Fsp3) is 0.700.